The molecule has 1 unspecified atom stereocenters. The molecule has 0 radical (unpaired) electrons. The second-order valence-electron chi connectivity index (χ2n) is 5.63. The van der Waals surface area contributed by atoms with Crippen molar-refractivity contribution in [2.24, 2.45) is 0 Å². The van der Waals surface area contributed by atoms with E-state index in [4.69, 9.17) is 0 Å². The molecule has 1 aromatic rings. The third-order valence-electron chi connectivity index (χ3n) is 3.91. The van der Waals surface area contributed by atoms with Crippen molar-refractivity contribution in [2.45, 2.75) is 45.6 Å². The Bertz CT molecular complexity index is 444. The van der Waals surface area contributed by atoms with Gasteiger partial charge in [0, 0.05) is 0 Å². The van der Waals surface area contributed by atoms with E-state index in [9.17, 15) is 4.79 Å². The fourth-order valence-electron chi connectivity index (χ4n) is 3.05. The number of carbonyl (C=O) groups excluding carboxylic acids is 1. The van der Waals surface area contributed by atoms with Crippen LogP contribution in [0.15, 0.2) is 24.3 Å². The average Bonchev–Trinajstić information content (AvgIpc) is 2.83. The van der Waals surface area contributed by atoms with Crippen LogP contribution in [0.5, 0.6) is 0 Å². The lowest BCUT2D eigenvalue weighted by Gasteiger charge is -2.22. The van der Waals surface area contributed by atoms with Crippen LogP contribution >= 0.6 is 12.4 Å². The van der Waals surface area contributed by atoms with Gasteiger partial charge in [0.05, 0.1) is 12.6 Å². The molecule has 3 nitrogen and oxygen atoms in total. The topological polar surface area (TPSA) is 32.3 Å². The summed E-state index contributed by atoms with van der Waals surface area (Å²) in [5, 5.41) is 3.20. The number of rotatable bonds is 7. The molecule has 1 amide bonds. The van der Waals surface area contributed by atoms with Gasteiger partial charge in [0.1, 0.15) is 0 Å². The van der Waals surface area contributed by atoms with E-state index >= 15 is 0 Å². The van der Waals surface area contributed by atoms with Crippen molar-refractivity contribution in [1.82, 2.24) is 10.2 Å². The number of nitrogens with one attached hydrogen (secondary N) is 1. The first-order valence-corrected chi connectivity index (χ1v) is 7.84. The van der Waals surface area contributed by atoms with Gasteiger partial charge in [-0.2, -0.15) is 0 Å². The lowest BCUT2D eigenvalue weighted by Crippen LogP contribution is -2.39. The lowest BCUT2D eigenvalue weighted by molar-refractivity contribution is -0.123. The molecule has 4 heteroatoms. The van der Waals surface area contributed by atoms with E-state index in [2.05, 4.69) is 48.3 Å². The molecule has 0 aromatic heterocycles. The normalized spacial score (nSPS) is 16.4. The highest BCUT2D eigenvalue weighted by atomic mass is 35.5. The van der Waals surface area contributed by atoms with E-state index in [1.54, 1.807) is 0 Å². The van der Waals surface area contributed by atoms with Crippen LogP contribution in [0.3, 0.4) is 0 Å². The number of halogens is 1. The van der Waals surface area contributed by atoms with Gasteiger partial charge in [0.15, 0.2) is 0 Å². The molecule has 1 atom stereocenters. The van der Waals surface area contributed by atoms with Gasteiger partial charge < -0.3 is 5.32 Å². The molecule has 1 aliphatic rings. The first-order valence-electron chi connectivity index (χ1n) is 7.84. The summed E-state index contributed by atoms with van der Waals surface area (Å²) in [5.41, 5.74) is 2.69. The minimum atomic E-state index is 0. The molecule has 0 heterocycles. The third-order valence-corrected chi connectivity index (χ3v) is 3.91. The summed E-state index contributed by atoms with van der Waals surface area (Å²) >= 11 is 0. The quantitative estimate of drug-likeness (QED) is 0.838. The van der Waals surface area contributed by atoms with Crippen LogP contribution in [-0.4, -0.2) is 30.4 Å². The molecule has 0 aliphatic heterocycles. The lowest BCUT2D eigenvalue weighted by atomic mass is 10.1. The zero-order valence-corrected chi connectivity index (χ0v) is 13.9. The second-order valence-corrected chi connectivity index (χ2v) is 5.63. The van der Waals surface area contributed by atoms with Crippen molar-refractivity contribution in [3.8, 4) is 0 Å². The number of fused-ring (bicyclic) bond motifs is 1. The van der Waals surface area contributed by atoms with E-state index in [1.165, 1.54) is 11.1 Å². The van der Waals surface area contributed by atoms with Crippen molar-refractivity contribution in [3.05, 3.63) is 35.4 Å². The van der Waals surface area contributed by atoms with E-state index in [-0.39, 0.29) is 24.4 Å². The van der Waals surface area contributed by atoms with Crippen LogP contribution < -0.4 is 5.32 Å². The zero-order chi connectivity index (χ0) is 14.4. The Morgan fingerprint density at radius 3 is 2.57 bits per heavy atom. The van der Waals surface area contributed by atoms with E-state index in [1.807, 2.05) is 0 Å². The van der Waals surface area contributed by atoms with Crippen molar-refractivity contribution in [1.29, 1.82) is 0 Å². The number of nitrogens with zero attached hydrogens (tertiary/aromatic N) is 1. The molecule has 1 aliphatic carbocycles. The summed E-state index contributed by atoms with van der Waals surface area (Å²) in [7, 11) is 0. The molecule has 0 fully saturated rings. The first-order chi connectivity index (χ1) is 9.74. The second kappa shape index (κ2) is 9.06. The van der Waals surface area contributed by atoms with Gasteiger partial charge in [-0.25, -0.2) is 0 Å². The predicted molar refractivity (Wildman–Crippen MR) is 89.9 cm³/mol. The number of benzene rings is 1. The van der Waals surface area contributed by atoms with Gasteiger partial charge in [-0.1, -0.05) is 38.1 Å². The van der Waals surface area contributed by atoms with Crippen molar-refractivity contribution < 1.29 is 4.79 Å². The fourth-order valence-corrected chi connectivity index (χ4v) is 3.05. The summed E-state index contributed by atoms with van der Waals surface area (Å²) in [6.07, 6.45) is 4.31. The Labute approximate surface area is 134 Å². The van der Waals surface area contributed by atoms with Crippen molar-refractivity contribution in [3.63, 3.8) is 0 Å². The van der Waals surface area contributed by atoms with Crippen LogP contribution in [0, 0.1) is 0 Å². The number of hydrogen-bond acceptors (Lipinski definition) is 2. The standard InChI is InChI=1S/C17H26N2O.ClH/c1-3-11-19(12-4-2)13-17(20)18-16-10-9-14-7-5-6-8-15(14)16;/h5-8,16H,3-4,9-13H2,1-2H3,(H,18,20);1H. The molecule has 0 saturated heterocycles. The minimum absolute atomic E-state index is 0. The Morgan fingerprint density at radius 1 is 1.24 bits per heavy atom. The number of hydrogen-bond donors (Lipinski definition) is 1. The number of carbonyl (C=O) groups is 1. The average molecular weight is 311 g/mol. The van der Waals surface area contributed by atoms with Crippen LogP contribution in [0.25, 0.3) is 0 Å². The third kappa shape index (κ3) is 5.01. The summed E-state index contributed by atoms with van der Waals surface area (Å²) in [4.78, 5) is 14.5. The SMILES string of the molecule is CCCN(CCC)CC(=O)NC1CCc2ccccc21.Cl. The highest BCUT2D eigenvalue weighted by Crippen LogP contribution is 2.30. The molecular weight excluding hydrogens is 284 g/mol. The fraction of sp³-hybridized carbons (Fsp3) is 0.588. The summed E-state index contributed by atoms with van der Waals surface area (Å²) < 4.78 is 0. The number of aryl methyl sites for hydroxylation is 1. The highest BCUT2D eigenvalue weighted by Gasteiger charge is 2.23. The molecule has 2 rings (SSSR count). The zero-order valence-electron chi connectivity index (χ0n) is 13.1. The Balaban J connectivity index is 0.00000220. The Kier molecular flexibility index (Phi) is 7.76. The molecule has 0 saturated carbocycles. The summed E-state index contributed by atoms with van der Waals surface area (Å²) in [6.45, 7) is 6.85. The molecule has 0 bridgehead atoms. The molecule has 118 valence electrons. The smallest absolute Gasteiger partial charge is 0.234 e. The summed E-state index contributed by atoms with van der Waals surface area (Å²) in [6, 6.07) is 8.66. The van der Waals surface area contributed by atoms with Crippen LogP contribution in [-0.2, 0) is 11.2 Å². The van der Waals surface area contributed by atoms with Gasteiger partial charge in [-0.05, 0) is 49.9 Å². The predicted octanol–water partition coefficient (Wildman–Crippen LogP) is 3.33. The van der Waals surface area contributed by atoms with Crippen molar-refractivity contribution >= 4 is 18.3 Å². The van der Waals surface area contributed by atoms with Gasteiger partial charge in [0.25, 0.3) is 0 Å². The maximum Gasteiger partial charge on any atom is 0.234 e. The first kappa shape index (κ1) is 18.0. The minimum Gasteiger partial charge on any atom is -0.348 e. The molecular formula is C17H27ClN2O. The van der Waals surface area contributed by atoms with E-state index < -0.39 is 0 Å². The van der Waals surface area contributed by atoms with E-state index in [0.29, 0.717) is 6.54 Å². The van der Waals surface area contributed by atoms with Crippen molar-refractivity contribution in [2.75, 3.05) is 19.6 Å². The number of amides is 1. The van der Waals surface area contributed by atoms with Crippen LogP contribution in [0.2, 0.25) is 0 Å². The van der Waals surface area contributed by atoms with Crippen LogP contribution in [0.1, 0.15) is 50.3 Å². The monoisotopic (exact) mass is 310 g/mol. The maximum atomic E-state index is 12.2. The maximum absolute atomic E-state index is 12.2. The largest absolute Gasteiger partial charge is 0.348 e. The summed E-state index contributed by atoms with van der Waals surface area (Å²) in [5.74, 6) is 0.161. The molecule has 21 heavy (non-hydrogen) atoms. The molecule has 1 aromatic carbocycles. The van der Waals surface area contributed by atoms with Gasteiger partial charge in [-0.3, -0.25) is 9.69 Å². The van der Waals surface area contributed by atoms with Crippen LogP contribution in [0.4, 0.5) is 0 Å². The van der Waals surface area contributed by atoms with Gasteiger partial charge in [0.2, 0.25) is 5.91 Å². The van der Waals surface area contributed by atoms with E-state index in [0.717, 1.165) is 38.8 Å². The highest BCUT2D eigenvalue weighted by molar-refractivity contribution is 5.85. The molecule has 0 spiro atoms. The van der Waals surface area contributed by atoms with Gasteiger partial charge >= 0.3 is 0 Å². The van der Waals surface area contributed by atoms with Gasteiger partial charge in [-0.15, -0.1) is 12.4 Å². The Hall–Kier alpha value is -1.06. The molecule has 1 N–H and O–H groups in total. The Morgan fingerprint density at radius 2 is 1.90 bits per heavy atom.